The van der Waals surface area contributed by atoms with Crippen LogP contribution in [0.15, 0.2) is 30.7 Å². The Hall–Kier alpha value is -2.28. The van der Waals surface area contributed by atoms with Crippen molar-refractivity contribution in [1.29, 1.82) is 0 Å². The van der Waals surface area contributed by atoms with Gasteiger partial charge in [0.2, 0.25) is 0 Å². The van der Waals surface area contributed by atoms with Crippen LogP contribution in [0.2, 0.25) is 0 Å². The van der Waals surface area contributed by atoms with Crippen LogP contribution in [-0.4, -0.2) is 44.4 Å². The van der Waals surface area contributed by atoms with Gasteiger partial charge in [0.25, 0.3) is 5.91 Å². The van der Waals surface area contributed by atoms with Gasteiger partial charge in [-0.2, -0.15) is 0 Å². The van der Waals surface area contributed by atoms with Gasteiger partial charge >= 0.3 is 5.97 Å². The van der Waals surface area contributed by atoms with E-state index in [-0.39, 0.29) is 18.4 Å². The number of rotatable bonds is 5. The van der Waals surface area contributed by atoms with Crippen LogP contribution in [0, 0.1) is 0 Å². The summed E-state index contributed by atoms with van der Waals surface area (Å²) in [7, 11) is 0. The predicted molar refractivity (Wildman–Crippen MR) is 90.9 cm³/mol. The molecule has 1 unspecified atom stereocenters. The fourth-order valence-electron chi connectivity index (χ4n) is 3.00. The average molecular weight is 345 g/mol. The third kappa shape index (κ3) is 3.79. The van der Waals surface area contributed by atoms with Gasteiger partial charge < -0.3 is 10.0 Å². The van der Waals surface area contributed by atoms with Crippen molar-refractivity contribution in [3.63, 3.8) is 0 Å². The Labute approximate surface area is 144 Å². The molecule has 0 spiro atoms. The van der Waals surface area contributed by atoms with Gasteiger partial charge in [0, 0.05) is 37.0 Å². The van der Waals surface area contributed by atoms with Crippen LogP contribution in [0.1, 0.15) is 41.8 Å². The summed E-state index contributed by atoms with van der Waals surface area (Å²) in [4.78, 5) is 34.4. The molecule has 3 rings (SSSR count). The molecule has 1 fully saturated rings. The molecule has 0 bridgehead atoms. The molecule has 0 radical (unpaired) electrons. The van der Waals surface area contributed by atoms with Gasteiger partial charge in [-0.15, -0.1) is 11.3 Å². The Bertz CT molecular complexity index is 717. The Balaban J connectivity index is 1.74. The number of hydrogen-bond donors (Lipinski definition) is 1. The number of pyridine rings is 1. The van der Waals surface area contributed by atoms with E-state index in [4.69, 9.17) is 5.11 Å². The summed E-state index contributed by atoms with van der Waals surface area (Å²) in [5.41, 5.74) is 0.940. The molecule has 1 aliphatic heterocycles. The van der Waals surface area contributed by atoms with E-state index in [2.05, 4.69) is 9.97 Å². The Morgan fingerprint density at radius 2 is 2.08 bits per heavy atom. The Morgan fingerprint density at radius 3 is 2.83 bits per heavy atom. The van der Waals surface area contributed by atoms with E-state index < -0.39 is 5.97 Å². The minimum atomic E-state index is -0.814. The number of likely N-dealkylation sites (tertiary alicyclic amines) is 1. The number of carboxylic acid groups (broad SMARTS) is 1. The summed E-state index contributed by atoms with van der Waals surface area (Å²) in [5.74, 6) is -0.853. The number of carbonyl (C=O) groups is 2. The van der Waals surface area contributed by atoms with Gasteiger partial charge in [-0.1, -0.05) is 0 Å². The van der Waals surface area contributed by atoms with E-state index in [0.29, 0.717) is 17.8 Å². The highest BCUT2D eigenvalue weighted by atomic mass is 32.1. The minimum absolute atomic E-state index is 0.00817. The van der Waals surface area contributed by atoms with Crippen LogP contribution < -0.4 is 0 Å². The van der Waals surface area contributed by atoms with Gasteiger partial charge in [-0.05, 0) is 37.8 Å². The molecule has 7 heteroatoms. The molecule has 3 heterocycles. The molecule has 0 saturated carbocycles. The number of thiazole rings is 1. The third-order valence-electron chi connectivity index (χ3n) is 4.22. The van der Waals surface area contributed by atoms with E-state index in [1.165, 1.54) is 11.3 Å². The van der Waals surface area contributed by atoms with Crippen molar-refractivity contribution < 1.29 is 14.7 Å². The molecule has 1 aliphatic rings. The second-order valence-electron chi connectivity index (χ2n) is 5.85. The highest BCUT2D eigenvalue weighted by Gasteiger charge is 2.29. The van der Waals surface area contributed by atoms with E-state index in [0.717, 1.165) is 29.8 Å². The first-order valence-corrected chi connectivity index (χ1v) is 8.86. The van der Waals surface area contributed by atoms with Crippen molar-refractivity contribution in [3.05, 3.63) is 35.6 Å². The van der Waals surface area contributed by atoms with E-state index in [1.54, 1.807) is 18.6 Å². The number of aromatic nitrogens is 2. The first kappa shape index (κ1) is 16.6. The number of nitrogens with zero attached hydrogens (tertiary/aromatic N) is 3. The summed E-state index contributed by atoms with van der Waals surface area (Å²) < 4.78 is 0. The minimum Gasteiger partial charge on any atom is -0.481 e. The molecule has 126 valence electrons. The fraction of sp³-hybridized carbons (Fsp3) is 0.412. The molecule has 1 saturated heterocycles. The van der Waals surface area contributed by atoms with Crippen molar-refractivity contribution in [2.45, 2.75) is 38.1 Å². The average Bonchev–Trinajstić information content (AvgIpc) is 3.10. The van der Waals surface area contributed by atoms with Crippen LogP contribution in [0.25, 0.3) is 10.6 Å². The summed E-state index contributed by atoms with van der Waals surface area (Å²) >= 11 is 1.37. The van der Waals surface area contributed by atoms with Gasteiger partial charge in [0.05, 0.1) is 6.20 Å². The lowest BCUT2D eigenvalue weighted by Crippen LogP contribution is -2.43. The van der Waals surface area contributed by atoms with Crippen molar-refractivity contribution in [3.8, 4) is 10.6 Å². The number of carbonyl (C=O) groups excluding carboxylic acids is 1. The molecule has 2 aromatic heterocycles. The maximum Gasteiger partial charge on any atom is 0.303 e. The SMILES string of the molecule is O=C(O)CCC1CCCCN1C(=O)c1cnc(-c2ccncc2)s1. The molecule has 1 atom stereocenters. The van der Waals surface area contributed by atoms with Gasteiger partial charge in [0.15, 0.2) is 0 Å². The summed E-state index contributed by atoms with van der Waals surface area (Å²) in [6.45, 7) is 0.686. The first-order valence-electron chi connectivity index (χ1n) is 8.04. The smallest absolute Gasteiger partial charge is 0.303 e. The van der Waals surface area contributed by atoms with Crippen LogP contribution in [0.5, 0.6) is 0 Å². The van der Waals surface area contributed by atoms with Gasteiger partial charge in [0.1, 0.15) is 9.88 Å². The molecule has 0 aliphatic carbocycles. The number of aliphatic carboxylic acids is 1. The van der Waals surface area contributed by atoms with Gasteiger partial charge in [-0.3, -0.25) is 14.6 Å². The quantitative estimate of drug-likeness (QED) is 0.900. The number of hydrogen-bond acceptors (Lipinski definition) is 5. The second kappa shape index (κ2) is 7.53. The highest BCUT2D eigenvalue weighted by Crippen LogP contribution is 2.28. The monoisotopic (exact) mass is 345 g/mol. The molecule has 24 heavy (non-hydrogen) atoms. The van der Waals surface area contributed by atoms with E-state index in [9.17, 15) is 9.59 Å². The molecule has 1 N–H and O–H groups in total. The zero-order chi connectivity index (χ0) is 16.9. The highest BCUT2D eigenvalue weighted by molar-refractivity contribution is 7.16. The van der Waals surface area contributed by atoms with Crippen molar-refractivity contribution >= 4 is 23.2 Å². The molecular formula is C17H19N3O3S. The summed E-state index contributed by atoms with van der Waals surface area (Å²) in [5, 5.41) is 9.69. The summed E-state index contributed by atoms with van der Waals surface area (Å²) in [6.07, 6.45) is 8.50. The lowest BCUT2D eigenvalue weighted by molar-refractivity contribution is -0.137. The largest absolute Gasteiger partial charge is 0.481 e. The van der Waals surface area contributed by atoms with Gasteiger partial charge in [-0.25, -0.2) is 4.98 Å². The molecule has 2 aromatic rings. The van der Waals surface area contributed by atoms with Crippen LogP contribution in [0.4, 0.5) is 0 Å². The van der Waals surface area contributed by atoms with E-state index in [1.807, 2.05) is 17.0 Å². The predicted octanol–water partition coefficient (Wildman–Crippen LogP) is 3.06. The topological polar surface area (TPSA) is 83.4 Å². The van der Waals surface area contributed by atoms with Crippen LogP contribution >= 0.6 is 11.3 Å². The number of amides is 1. The van der Waals surface area contributed by atoms with Crippen LogP contribution in [0.3, 0.4) is 0 Å². The normalized spacial score (nSPS) is 17.7. The zero-order valence-corrected chi connectivity index (χ0v) is 14.0. The fourth-order valence-corrected chi connectivity index (χ4v) is 3.88. The maximum atomic E-state index is 12.8. The number of carboxylic acids is 1. The lowest BCUT2D eigenvalue weighted by Gasteiger charge is -2.35. The second-order valence-corrected chi connectivity index (χ2v) is 6.88. The van der Waals surface area contributed by atoms with Crippen molar-refractivity contribution in [1.82, 2.24) is 14.9 Å². The van der Waals surface area contributed by atoms with Crippen molar-refractivity contribution in [2.75, 3.05) is 6.54 Å². The van der Waals surface area contributed by atoms with E-state index >= 15 is 0 Å². The number of piperidine rings is 1. The van der Waals surface area contributed by atoms with Crippen molar-refractivity contribution in [2.24, 2.45) is 0 Å². The first-order chi connectivity index (χ1) is 11.6. The standard InChI is InChI=1S/C17H19N3O3S/c21-15(22)5-4-13-3-1-2-10-20(13)17(23)14-11-19-16(24-14)12-6-8-18-9-7-12/h6-9,11,13H,1-5,10H2,(H,21,22). The Morgan fingerprint density at radius 1 is 1.29 bits per heavy atom. The maximum absolute atomic E-state index is 12.8. The molecule has 0 aromatic carbocycles. The van der Waals surface area contributed by atoms with Crippen LogP contribution in [-0.2, 0) is 4.79 Å². The molecule has 1 amide bonds. The zero-order valence-electron chi connectivity index (χ0n) is 13.2. The molecule has 6 nitrogen and oxygen atoms in total. The Kier molecular flexibility index (Phi) is 5.20. The molecular weight excluding hydrogens is 326 g/mol. The third-order valence-corrected chi connectivity index (χ3v) is 5.26. The summed E-state index contributed by atoms with van der Waals surface area (Å²) in [6, 6.07) is 3.74. The lowest BCUT2D eigenvalue weighted by atomic mass is 9.97.